The Balaban J connectivity index is 2.12. The summed E-state index contributed by atoms with van der Waals surface area (Å²) in [4.78, 5) is 24.6. The summed E-state index contributed by atoms with van der Waals surface area (Å²) in [7, 11) is 0. The first-order valence-corrected chi connectivity index (χ1v) is 10.1. The largest absolute Gasteiger partial charge is 0.502 e. The minimum atomic E-state index is -0.803. The van der Waals surface area contributed by atoms with Crippen LogP contribution in [-0.2, 0) is 22.7 Å². The van der Waals surface area contributed by atoms with Gasteiger partial charge in [0, 0.05) is 17.3 Å². The molecule has 1 aromatic carbocycles. The molecule has 0 amide bonds. The second-order valence-corrected chi connectivity index (χ2v) is 7.24. The van der Waals surface area contributed by atoms with Crippen molar-refractivity contribution in [3.63, 3.8) is 0 Å². The summed E-state index contributed by atoms with van der Waals surface area (Å²) in [6.07, 6.45) is -0.155. The van der Waals surface area contributed by atoms with Crippen molar-refractivity contribution in [2.45, 2.75) is 46.3 Å². The number of rotatable bonds is 8. The van der Waals surface area contributed by atoms with Crippen molar-refractivity contribution >= 4 is 5.97 Å². The van der Waals surface area contributed by atoms with Crippen molar-refractivity contribution in [1.82, 2.24) is 9.78 Å². The van der Waals surface area contributed by atoms with E-state index in [0.717, 1.165) is 17.3 Å². The zero-order chi connectivity index (χ0) is 22.5. The standard InChI is InChI=1S/C23H26N2O6/c1-4-30-20(28)11-18(23-22(29)19(27)10-17(13-26)31-23)21-14(2)24-25(15(21)3)12-16-8-6-5-7-9-16/h5-10,18,26,29H,4,11-13H2,1-3H3/t18-/m1/s1. The number of aryl methyl sites for hydroxylation is 1. The lowest BCUT2D eigenvalue weighted by Crippen LogP contribution is -2.16. The number of ether oxygens (including phenoxy) is 1. The van der Waals surface area contributed by atoms with Gasteiger partial charge in [0.25, 0.3) is 0 Å². The molecule has 0 aliphatic carbocycles. The van der Waals surface area contributed by atoms with Gasteiger partial charge in [-0.25, -0.2) is 0 Å². The van der Waals surface area contributed by atoms with Gasteiger partial charge in [-0.1, -0.05) is 30.3 Å². The lowest BCUT2D eigenvalue weighted by atomic mass is 9.90. The minimum absolute atomic E-state index is 0.00126. The number of hydrogen-bond acceptors (Lipinski definition) is 7. The first-order valence-electron chi connectivity index (χ1n) is 10.1. The molecule has 0 saturated carbocycles. The van der Waals surface area contributed by atoms with Crippen LogP contribution < -0.4 is 5.43 Å². The molecule has 2 heterocycles. The van der Waals surface area contributed by atoms with Crippen LogP contribution in [-0.4, -0.2) is 32.6 Å². The highest BCUT2D eigenvalue weighted by Gasteiger charge is 2.31. The Hall–Kier alpha value is -3.39. The summed E-state index contributed by atoms with van der Waals surface area (Å²) in [5.74, 6) is -1.99. The summed E-state index contributed by atoms with van der Waals surface area (Å²) < 4.78 is 12.5. The van der Waals surface area contributed by atoms with Crippen LogP contribution >= 0.6 is 0 Å². The van der Waals surface area contributed by atoms with E-state index in [9.17, 15) is 19.8 Å². The highest BCUT2D eigenvalue weighted by atomic mass is 16.5. The van der Waals surface area contributed by atoms with Crippen LogP contribution in [0.15, 0.2) is 45.6 Å². The third-order valence-corrected chi connectivity index (χ3v) is 5.11. The Morgan fingerprint density at radius 3 is 2.61 bits per heavy atom. The maximum absolute atomic E-state index is 12.4. The van der Waals surface area contributed by atoms with Crippen molar-refractivity contribution in [2.75, 3.05) is 6.61 Å². The van der Waals surface area contributed by atoms with Gasteiger partial charge in [-0.2, -0.15) is 5.10 Å². The van der Waals surface area contributed by atoms with Gasteiger partial charge in [-0.15, -0.1) is 0 Å². The fourth-order valence-electron chi connectivity index (χ4n) is 3.71. The first-order chi connectivity index (χ1) is 14.8. The third-order valence-electron chi connectivity index (χ3n) is 5.11. The van der Waals surface area contributed by atoms with Gasteiger partial charge in [0.05, 0.1) is 31.2 Å². The summed E-state index contributed by atoms with van der Waals surface area (Å²) in [6, 6.07) is 10.8. The molecule has 3 aromatic rings. The number of aliphatic hydroxyl groups is 1. The highest BCUT2D eigenvalue weighted by molar-refractivity contribution is 5.71. The van der Waals surface area contributed by atoms with Crippen LogP contribution in [0.4, 0.5) is 0 Å². The Kier molecular flexibility index (Phi) is 6.91. The number of benzene rings is 1. The predicted molar refractivity (Wildman–Crippen MR) is 113 cm³/mol. The predicted octanol–water partition coefficient (Wildman–Crippen LogP) is 2.78. The molecule has 2 N–H and O–H groups in total. The van der Waals surface area contributed by atoms with E-state index in [0.29, 0.717) is 17.8 Å². The molecule has 8 nitrogen and oxygen atoms in total. The van der Waals surface area contributed by atoms with Gasteiger partial charge in [0.15, 0.2) is 5.76 Å². The Bertz CT molecular complexity index is 1120. The SMILES string of the molecule is CCOC(=O)C[C@@H](c1oc(CO)cc(=O)c1O)c1c(C)nn(Cc2ccccc2)c1C. The van der Waals surface area contributed by atoms with Crippen LogP contribution in [0.3, 0.4) is 0 Å². The summed E-state index contributed by atoms with van der Waals surface area (Å²) in [5, 5.41) is 24.5. The van der Waals surface area contributed by atoms with E-state index in [1.807, 2.05) is 41.9 Å². The number of hydrogen-bond donors (Lipinski definition) is 2. The minimum Gasteiger partial charge on any atom is -0.502 e. The molecule has 0 radical (unpaired) electrons. The number of aromatic hydroxyl groups is 1. The van der Waals surface area contributed by atoms with Gasteiger partial charge >= 0.3 is 5.97 Å². The average molecular weight is 426 g/mol. The van der Waals surface area contributed by atoms with Gasteiger partial charge in [0.1, 0.15) is 12.4 Å². The van der Waals surface area contributed by atoms with Crippen LogP contribution in [0.2, 0.25) is 0 Å². The summed E-state index contributed by atoms with van der Waals surface area (Å²) in [5.41, 5.74) is 2.44. The molecule has 0 bridgehead atoms. The van der Waals surface area contributed by atoms with Gasteiger partial charge in [-0.3, -0.25) is 14.3 Å². The zero-order valence-electron chi connectivity index (χ0n) is 17.8. The molecule has 0 saturated heterocycles. The highest BCUT2D eigenvalue weighted by Crippen LogP contribution is 2.37. The summed E-state index contributed by atoms with van der Waals surface area (Å²) >= 11 is 0. The third kappa shape index (κ3) is 4.86. The smallest absolute Gasteiger partial charge is 0.306 e. The normalized spacial score (nSPS) is 12.0. The van der Waals surface area contributed by atoms with Gasteiger partial charge in [-0.05, 0) is 26.3 Å². The molecule has 8 heteroatoms. The van der Waals surface area contributed by atoms with Crippen LogP contribution in [0.1, 0.15) is 53.3 Å². The Morgan fingerprint density at radius 2 is 1.97 bits per heavy atom. The number of nitrogens with zero attached hydrogens (tertiary/aromatic N) is 2. The number of aliphatic hydroxyl groups excluding tert-OH is 1. The second-order valence-electron chi connectivity index (χ2n) is 7.24. The molecule has 0 aliphatic heterocycles. The maximum Gasteiger partial charge on any atom is 0.306 e. The van der Waals surface area contributed by atoms with E-state index in [1.165, 1.54) is 0 Å². The fourth-order valence-corrected chi connectivity index (χ4v) is 3.71. The van der Waals surface area contributed by atoms with Crippen LogP contribution in [0.25, 0.3) is 0 Å². The van der Waals surface area contributed by atoms with Gasteiger partial charge in [0.2, 0.25) is 11.2 Å². The lowest BCUT2D eigenvalue weighted by molar-refractivity contribution is -0.143. The van der Waals surface area contributed by atoms with Crippen molar-refractivity contribution in [3.05, 3.63) is 80.7 Å². The molecule has 3 rings (SSSR count). The first kappa shape index (κ1) is 22.3. The van der Waals surface area contributed by atoms with Gasteiger partial charge < -0.3 is 19.4 Å². The quantitative estimate of drug-likeness (QED) is 0.532. The van der Waals surface area contributed by atoms with Crippen molar-refractivity contribution in [1.29, 1.82) is 0 Å². The molecular formula is C23H26N2O6. The molecule has 0 unspecified atom stereocenters. The van der Waals surface area contributed by atoms with Crippen molar-refractivity contribution < 1.29 is 24.2 Å². The number of esters is 1. The molecular weight excluding hydrogens is 400 g/mol. The molecule has 0 aliphatic rings. The Morgan fingerprint density at radius 1 is 1.26 bits per heavy atom. The number of carbonyl (C=O) groups is 1. The number of aromatic nitrogens is 2. The van der Waals surface area contributed by atoms with E-state index in [2.05, 4.69) is 5.10 Å². The molecule has 0 spiro atoms. The van der Waals surface area contributed by atoms with E-state index in [1.54, 1.807) is 13.8 Å². The monoisotopic (exact) mass is 426 g/mol. The Labute approximate surface area is 179 Å². The van der Waals surface area contributed by atoms with E-state index in [4.69, 9.17) is 9.15 Å². The molecule has 31 heavy (non-hydrogen) atoms. The molecule has 164 valence electrons. The molecule has 1 atom stereocenters. The lowest BCUT2D eigenvalue weighted by Gasteiger charge is -2.18. The van der Waals surface area contributed by atoms with E-state index in [-0.39, 0.29) is 24.5 Å². The summed E-state index contributed by atoms with van der Waals surface area (Å²) in [6.45, 7) is 5.56. The maximum atomic E-state index is 12.4. The van der Waals surface area contributed by atoms with Crippen LogP contribution in [0.5, 0.6) is 5.75 Å². The second kappa shape index (κ2) is 9.61. The zero-order valence-corrected chi connectivity index (χ0v) is 17.8. The molecule has 2 aromatic heterocycles. The van der Waals surface area contributed by atoms with Crippen molar-refractivity contribution in [2.24, 2.45) is 0 Å². The van der Waals surface area contributed by atoms with Crippen molar-refractivity contribution in [3.8, 4) is 5.75 Å². The van der Waals surface area contributed by atoms with E-state index >= 15 is 0 Å². The number of carbonyl (C=O) groups excluding carboxylic acids is 1. The molecule has 0 fully saturated rings. The topological polar surface area (TPSA) is 115 Å². The van der Waals surface area contributed by atoms with Crippen LogP contribution in [0, 0.1) is 13.8 Å². The average Bonchev–Trinajstić information content (AvgIpc) is 3.02. The fraction of sp³-hybridized carbons (Fsp3) is 0.348. The van der Waals surface area contributed by atoms with E-state index < -0.39 is 29.7 Å².